The minimum atomic E-state index is 0.0647. The smallest absolute Gasteiger partial charge is 0.253 e. The molecule has 0 radical (unpaired) electrons. The fourth-order valence-electron chi connectivity index (χ4n) is 4.01. The van der Waals surface area contributed by atoms with Crippen LogP contribution in [-0.4, -0.2) is 47.2 Å². The van der Waals surface area contributed by atoms with E-state index in [9.17, 15) is 4.79 Å². The monoisotopic (exact) mass is 393 g/mol. The summed E-state index contributed by atoms with van der Waals surface area (Å²) in [7, 11) is 1.70. The van der Waals surface area contributed by atoms with Gasteiger partial charge in [-0.15, -0.1) is 0 Å². The first-order chi connectivity index (χ1) is 14.2. The van der Waals surface area contributed by atoms with Gasteiger partial charge in [0, 0.05) is 56.2 Å². The highest BCUT2D eigenvalue weighted by Gasteiger charge is 2.28. The van der Waals surface area contributed by atoms with Crippen LogP contribution >= 0.6 is 0 Å². The van der Waals surface area contributed by atoms with Crippen LogP contribution in [0.25, 0.3) is 11.3 Å². The van der Waals surface area contributed by atoms with Gasteiger partial charge in [-0.2, -0.15) is 0 Å². The van der Waals surface area contributed by atoms with Crippen LogP contribution in [0, 0.1) is 6.92 Å². The molecule has 2 aromatic heterocycles. The molecular weight excluding hydrogens is 366 g/mol. The van der Waals surface area contributed by atoms with Gasteiger partial charge in [-0.1, -0.05) is 12.1 Å². The maximum Gasteiger partial charge on any atom is 0.253 e. The van der Waals surface area contributed by atoms with Crippen molar-refractivity contribution in [2.24, 2.45) is 0 Å². The van der Waals surface area contributed by atoms with E-state index >= 15 is 0 Å². The molecule has 1 aromatic carbocycles. The lowest BCUT2D eigenvalue weighted by Gasteiger charge is -2.33. The van der Waals surface area contributed by atoms with Crippen molar-refractivity contribution in [3.63, 3.8) is 0 Å². The van der Waals surface area contributed by atoms with Gasteiger partial charge in [0.15, 0.2) is 0 Å². The van der Waals surface area contributed by atoms with E-state index in [0.717, 1.165) is 48.8 Å². The Labute approximate surface area is 171 Å². The van der Waals surface area contributed by atoms with E-state index in [2.05, 4.69) is 9.55 Å². The third kappa shape index (κ3) is 4.27. The van der Waals surface area contributed by atoms with Crippen LogP contribution in [0.2, 0.25) is 0 Å². The van der Waals surface area contributed by atoms with Gasteiger partial charge in [0.05, 0.1) is 6.61 Å². The first-order valence-electron chi connectivity index (χ1n) is 10.1. The molecule has 3 heterocycles. The number of ether oxygens (including phenoxy) is 1. The van der Waals surface area contributed by atoms with E-state index in [4.69, 9.17) is 9.15 Å². The summed E-state index contributed by atoms with van der Waals surface area (Å²) in [5.74, 6) is 3.00. The fraction of sp³-hybridized carbons (Fsp3) is 0.391. The molecule has 1 aliphatic rings. The molecule has 1 aliphatic heterocycles. The maximum absolute atomic E-state index is 13.2. The van der Waals surface area contributed by atoms with Crippen LogP contribution in [0.3, 0.4) is 0 Å². The molecule has 0 aliphatic carbocycles. The zero-order chi connectivity index (χ0) is 20.2. The highest BCUT2D eigenvalue weighted by molar-refractivity contribution is 5.95. The Morgan fingerprint density at radius 2 is 2.21 bits per heavy atom. The van der Waals surface area contributed by atoms with Gasteiger partial charge in [-0.3, -0.25) is 4.79 Å². The molecule has 0 saturated carbocycles. The van der Waals surface area contributed by atoms with Crippen LogP contribution in [0.1, 0.15) is 40.7 Å². The van der Waals surface area contributed by atoms with Crippen molar-refractivity contribution in [2.75, 3.05) is 26.8 Å². The maximum atomic E-state index is 13.2. The van der Waals surface area contributed by atoms with Crippen LogP contribution in [0.15, 0.2) is 53.2 Å². The number of aryl methyl sites for hydroxylation is 1. The number of methoxy groups -OCH3 is 1. The molecule has 0 unspecified atom stereocenters. The Kier molecular flexibility index (Phi) is 5.81. The summed E-state index contributed by atoms with van der Waals surface area (Å²) in [6.45, 7) is 4.81. The number of carbonyl (C=O) groups is 1. The largest absolute Gasteiger partial charge is 0.461 e. The Balaban J connectivity index is 1.50. The number of imidazole rings is 1. The number of furan rings is 1. The molecule has 0 N–H and O–H groups in total. The zero-order valence-corrected chi connectivity index (χ0v) is 17.0. The molecule has 1 fully saturated rings. The number of amides is 1. The number of likely N-dealkylation sites (tertiary alicyclic amines) is 1. The molecule has 29 heavy (non-hydrogen) atoms. The van der Waals surface area contributed by atoms with Crippen LogP contribution in [0.5, 0.6) is 0 Å². The highest BCUT2D eigenvalue weighted by Crippen LogP contribution is 2.28. The van der Waals surface area contributed by atoms with Gasteiger partial charge in [0.1, 0.15) is 17.3 Å². The molecule has 3 aromatic rings. The van der Waals surface area contributed by atoms with Crippen molar-refractivity contribution in [3.8, 4) is 11.3 Å². The Morgan fingerprint density at radius 1 is 1.31 bits per heavy atom. The second-order valence-corrected chi connectivity index (χ2v) is 7.55. The van der Waals surface area contributed by atoms with Crippen molar-refractivity contribution < 1.29 is 13.9 Å². The first-order valence-corrected chi connectivity index (χ1v) is 10.1. The van der Waals surface area contributed by atoms with Crippen LogP contribution in [0.4, 0.5) is 0 Å². The molecule has 0 spiro atoms. The number of rotatable bonds is 6. The zero-order valence-electron chi connectivity index (χ0n) is 17.0. The minimum absolute atomic E-state index is 0.0647. The number of piperidine rings is 1. The summed E-state index contributed by atoms with van der Waals surface area (Å²) in [4.78, 5) is 19.7. The lowest BCUT2D eigenvalue weighted by Crippen LogP contribution is -2.39. The topological polar surface area (TPSA) is 60.5 Å². The lowest BCUT2D eigenvalue weighted by molar-refractivity contribution is 0.0702. The first kappa shape index (κ1) is 19.5. The molecule has 6 nitrogen and oxygen atoms in total. The standard InChI is InChI=1S/C23H27N3O3/c1-17-8-9-21(29-17)18-5-3-6-19(15-18)23(27)26-11-4-7-20(16-26)22-24-10-12-25(22)13-14-28-2/h3,5-6,8-10,12,15,20H,4,7,11,13-14,16H2,1-2H3/t20-/m0/s1. The molecule has 1 saturated heterocycles. The number of aromatic nitrogens is 2. The molecule has 6 heteroatoms. The minimum Gasteiger partial charge on any atom is -0.461 e. The molecule has 1 amide bonds. The van der Waals surface area contributed by atoms with E-state index in [1.807, 2.05) is 60.6 Å². The number of carbonyl (C=O) groups excluding carboxylic acids is 1. The predicted molar refractivity (Wildman–Crippen MR) is 111 cm³/mol. The van der Waals surface area contributed by atoms with E-state index in [0.29, 0.717) is 18.7 Å². The summed E-state index contributed by atoms with van der Waals surface area (Å²) >= 11 is 0. The fourth-order valence-corrected chi connectivity index (χ4v) is 4.01. The normalized spacial score (nSPS) is 16.9. The third-order valence-electron chi connectivity index (χ3n) is 5.49. The molecule has 0 bridgehead atoms. The van der Waals surface area contributed by atoms with Gasteiger partial charge in [0.25, 0.3) is 5.91 Å². The van der Waals surface area contributed by atoms with Crippen LogP contribution < -0.4 is 0 Å². The van der Waals surface area contributed by atoms with Crippen molar-refractivity contribution in [3.05, 3.63) is 65.9 Å². The summed E-state index contributed by atoms with van der Waals surface area (Å²) in [6.07, 6.45) is 5.84. The Hall–Kier alpha value is -2.86. The van der Waals surface area contributed by atoms with Crippen LogP contribution in [-0.2, 0) is 11.3 Å². The predicted octanol–water partition coefficient (Wildman–Crippen LogP) is 4.12. The summed E-state index contributed by atoms with van der Waals surface area (Å²) in [5.41, 5.74) is 1.62. The average molecular weight is 393 g/mol. The van der Waals surface area contributed by atoms with Crippen molar-refractivity contribution in [2.45, 2.75) is 32.2 Å². The number of hydrogen-bond acceptors (Lipinski definition) is 4. The van der Waals surface area contributed by atoms with E-state index in [1.165, 1.54) is 0 Å². The quantitative estimate of drug-likeness (QED) is 0.632. The summed E-state index contributed by atoms with van der Waals surface area (Å²) < 4.78 is 13.1. The summed E-state index contributed by atoms with van der Waals surface area (Å²) in [5, 5.41) is 0. The van der Waals surface area contributed by atoms with Gasteiger partial charge >= 0.3 is 0 Å². The molecule has 1 atom stereocenters. The van der Waals surface area contributed by atoms with Crippen molar-refractivity contribution >= 4 is 5.91 Å². The summed E-state index contributed by atoms with van der Waals surface area (Å²) in [6, 6.07) is 11.6. The average Bonchev–Trinajstić information content (AvgIpc) is 3.41. The van der Waals surface area contributed by atoms with E-state index in [-0.39, 0.29) is 11.8 Å². The highest BCUT2D eigenvalue weighted by atomic mass is 16.5. The second kappa shape index (κ2) is 8.66. The van der Waals surface area contributed by atoms with Crippen molar-refractivity contribution in [1.82, 2.24) is 14.5 Å². The number of nitrogens with zero attached hydrogens (tertiary/aromatic N) is 3. The second-order valence-electron chi connectivity index (χ2n) is 7.55. The van der Waals surface area contributed by atoms with Gasteiger partial charge in [-0.05, 0) is 44.0 Å². The third-order valence-corrected chi connectivity index (χ3v) is 5.49. The lowest BCUT2D eigenvalue weighted by atomic mass is 9.96. The van der Waals surface area contributed by atoms with Gasteiger partial charge < -0.3 is 18.6 Å². The SMILES string of the molecule is COCCn1ccnc1[C@H]1CCCN(C(=O)c2cccc(-c3ccc(C)o3)c2)C1. The molecule has 4 rings (SSSR count). The van der Waals surface area contributed by atoms with Gasteiger partial charge in [0.2, 0.25) is 0 Å². The Bertz CT molecular complexity index is 975. The molecular formula is C23H27N3O3. The van der Waals surface area contributed by atoms with E-state index < -0.39 is 0 Å². The number of benzene rings is 1. The van der Waals surface area contributed by atoms with E-state index in [1.54, 1.807) is 7.11 Å². The van der Waals surface area contributed by atoms with Crippen molar-refractivity contribution in [1.29, 1.82) is 0 Å². The van der Waals surface area contributed by atoms with Gasteiger partial charge in [-0.25, -0.2) is 4.98 Å². The number of hydrogen-bond donors (Lipinski definition) is 0. The molecule has 152 valence electrons. The Morgan fingerprint density at radius 3 is 3.00 bits per heavy atom.